The van der Waals surface area contributed by atoms with Crippen molar-refractivity contribution in [1.29, 1.82) is 0 Å². The molecule has 4 N–H and O–H groups in total. The lowest BCUT2D eigenvalue weighted by Gasteiger charge is -2.13. The SMILES string of the molecule is C[NH+](C)CCCNC(=S)NNc1cccc([N+](=O)[O-])c1. The van der Waals surface area contributed by atoms with Gasteiger partial charge in [-0.05, 0) is 18.3 Å². The Balaban J connectivity index is 2.30. The van der Waals surface area contributed by atoms with Gasteiger partial charge in [-0.1, -0.05) is 6.07 Å². The molecule has 0 saturated heterocycles. The molecule has 1 aromatic carbocycles. The molecule has 20 heavy (non-hydrogen) atoms. The van der Waals surface area contributed by atoms with E-state index in [1.807, 2.05) is 0 Å². The third-order valence-electron chi connectivity index (χ3n) is 2.52. The van der Waals surface area contributed by atoms with E-state index >= 15 is 0 Å². The van der Waals surface area contributed by atoms with Crippen molar-refractivity contribution in [2.24, 2.45) is 0 Å². The van der Waals surface area contributed by atoms with Crippen LogP contribution in [0.5, 0.6) is 0 Å². The molecule has 1 aromatic rings. The summed E-state index contributed by atoms with van der Waals surface area (Å²) in [6, 6.07) is 6.20. The molecule has 0 spiro atoms. The first kappa shape index (κ1) is 16.1. The average molecular weight is 298 g/mol. The van der Waals surface area contributed by atoms with Gasteiger partial charge in [0.15, 0.2) is 5.11 Å². The Kier molecular flexibility index (Phi) is 6.68. The van der Waals surface area contributed by atoms with E-state index in [2.05, 4.69) is 30.3 Å². The predicted molar refractivity (Wildman–Crippen MR) is 82.8 cm³/mol. The zero-order valence-corrected chi connectivity index (χ0v) is 12.4. The number of rotatable bonds is 7. The maximum atomic E-state index is 10.6. The first-order chi connectivity index (χ1) is 9.49. The Morgan fingerprint density at radius 1 is 1.45 bits per heavy atom. The van der Waals surface area contributed by atoms with Gasteiger partial charge in [-0.15, -0.1) is 0 Å². The summed E-state index contributed by atoms with van der Waals surface area (Å²) < 4.78 is 0. The molecule has 0 heterocycles. The van der Waals surface area contributed by atoms with Crippen molar-refractivity contribution < 1.29 is 9.82 Å². The van der Waals surface area contributed by atoms with Crippen molar-refractivity contribution in [1.82, 2.24) is 10.7 Å². The molecule has 1 rings (SSSR count). The third kappa shape index (κ3) is 6.30. The van der Waals surface area contributed by atoms with Crippen LogP contribution in [0.25, 0.3) is 0 Å². The second kappa shape index (κ2) is 8.28. The molecule has 0 amide bonds. The fraction of sp³-hybridized carbons (Fsp3) is 0.417. The number of benzene rings is 1. The smallest absolute Gasteiger partial charge is 0.271 e. The molecule has 8 heteroatoms. The summed E-state index contributed by atoms with van der Waals surface area (Å²) in [5.41, 5.74) is 6.24. The first-order valence-electron chi connectivity index (χ1n) is 6.32. The highest BCUT2D eigenvalue weighted by atomic mass is 32.1. The Hall–Kier alpha value is -1.93. The van der Waals surface area contributed by atoms with Crippen molar-refractivity contribution >= 4 is 28.7 Å². The van der Waals surface area contributed by atoms with Crippen LogP contribution in [-0.2, 0) is 0 Å². The monoisotopic (exact) mass is 298 g/mol. The molecule has 0 aliphatic rings. The molecule has 7 nitrogen and oxygen atoms in total. The van der Waals surface area contributed by atoms with Crippen LogP contribution in [-0.4, -0.2) is 37.2 Å². The van der Waals surface area contributed by atoms with Crippen molar-refractivity contribution in [3.63, 3.8) is 0 Å². The highest BCUT2D eigenvalue weighted by Gasteiger charge is 2.05. The van der Waals surface area contributed by atoms with Gasteiger partial charge in [-0.3, -0.25) is 21.0 Å². The molecule has 0 fully saturated rings. The van der Waals surface area contributed by atoms with E-state index in [1.54, 1.807) is 12.1 Å². The van der Waals surface area contributed by atoms with E-state index in [-0.39, 0.29) is 5.69 Å². The number of anilines is 1. The summed E-state index contributed by atoms with van der Waals surface area (Å²) in [5.74, 6) is 0. The van der Waals surface area contributed by atoms with Gasteiger partial charge in [0, 0.05) is 25.1 Å². The molecule has 0 aliphatic heterocycles. The molecule has 0 bridgehead atoms. The highest BCUT2D eigenvalue weighted by Crippen LogP contribution is 2.15. The second-order valence-electron chi connectivity index (χ2n) is 4.62. The lowest BCUT2D eigenvalue weighted by Crippen LogP contribution is -3.05. The van der Waals surface area contributed by atoms with Gasteiger partial charge in [0.1, 0.15) is 0 Å². The van der Waals surface area contributed by atoms with Crippen LogP contribution in [0.4, 0.5) is 11.4 Å². The Bertz CT molecular complexity index is 467. The number of non-ortho nitro benzene ring substituents is 1. The van der Waals surface area contributed by atoms with Crippen LogP contribution in [0.2, 0.25) is 0 Å². The largest absolute Gasteiger partial charge is 0.361 e. The van der Waals surface area contributed by atoms with Crippen molar-refractivity contribution in [3.05, 3.63) is 34.4 Å². The van der Waals surface area contributed by atoms with Gasteiger partial charge in [0.05, 0.1) is 31.3 Å². The number of hydrazine groups is 1. The van der Waals surface area contributed by atoms with Gasteiger partial charge < -0.3 is 10.2 Å². The summed E-state index contributed by atoms with van der Waals surface area (Å²) in [5, 5.41) is 14.2. The summed E-state index contributed by atoms with van der Waals surface area (Å²) in [6.07, 6.45) is 1.01. The second-order valence-corrected chi connectivity index (χ2v) is 5.03. The first-order valence-corrected chi connectivity index (χ1v) is 6.73. The van der Waals surface area contributed by atoms with Crippen LogP contribution in [0.3, 0.4) is 0 Å². The zero-order valence-electron chi connectivity index (χ0n) is 11.6. The minimum absolute atomic E-state index is 0.0321. The van der Waals surface area contributed by atoms with Crippen LogP contribution >= 0.6 is 12.2 Å². The van der Waals surface area contributed by atoms with E-state index in [0.29, 0.717) is 10.8 Å². The molecule has 0 aromatic heterocycles. The highest BCUT2D eigenvalue weighted by molar-refractivity contribution is 7.80. The molecule has 0 unspecified atom stereocenters. The molecule has 0 atom stereocenters. The molecular formula is C12H20N5O2S+. The number of nitro groups is 1. The standard InChI is InChI=1S/C12H19N5O2S/c1-16(2)8-4-7-13-12(20)15-14-10-5-3-6-11(9-10)17(18)19/h3,5-6,9,14H,4,7-8H2,1-2H3,(H2,13,15,20)/p+1. The predicted octanol–water partition coefficient (Wildman–Crippen LogP) is -0.0796. The topological polar surface area (TPSA) is 83.7 Å². The number of nitrogens with zero attached hydrogens (tertiary/aromatic N) is 1. The lowest BCUT2D eigenvalue weighted by atomic mass is 10.3. The molecular weight excluding hydrogens is 278 g/mol. The maximum Gasteiger partial charge on any atom is 0.271 e. The van der Waals surface area contributed by atoms with E-state index < -0.39 is 4.92 Å². The number of thiocarbonyl (C=S) groups is 1. The normalized spacial score (nSPS) is 10.2. The number of hydrogen-bond donors (Lipinski definition) is 4. The molecule has 0 aliphatic carbocycles. The summed E-state index contributed by atoms with van der Waals surface area (Å²) in [6.45, 7) is 1.85. The quantitative estimate of drug-likeness (QED) is 0.244. The number of nitrogens with one attached hydrogen (secondary N) is 4. The van der Waals surface area contributed by atoms with Gasteiger partial charge in [-0.2, -0.15) is 0 Å². The lowest BCUT2D eigenvalue weighted by molar-refractivity contribution is -0.858. The molecule has 0 saturated carbocycles. The fourth-order valence-electron chi connectivity index (χ4n) is 1.51. The number of quaternary nitrogens is 1. The van der Waals surface area contributed by atoms with Crippen LogP contribution in [0.1, 0.15) is 6.42 Å². The van der Waals surface area contributed by atoms with E-state index in [4.69, 9.17) is 12.2 Å². The van der Waals surface area contributed by atoms with Crippen LogP contribution in [0, 0.1) is 10.1 Å². The Morgan fingerprint density at radius 3 is 2.85 bits per heavy atom. The third-order valence-corrected chi connectivity index (χ3v) is 2.76. The molecule has 110 valence electrons. The molecule has 0 radical (unpaired) electrons. The average Bonchev–Trinajstić information content (AvgIpc) is 2.41. The zero-order chi connectivity index (χ0) is 15.0. The minimum atomic E-state index is -0.439. The summed E-state index contributed by atoms with van der Waals surface area (Å²) >= 11 is 5.09. The minimum Gasteiger partial charge on any atom is -0.361 e. The Labute approximate surface area is 123 Å². The fourth-order valence-corrected chi connectivity index (χ4v) is 1.67. The maximum absolute atomic E-state index is 10.6. The van der Waals surface area contributed by atoms with Crippen LogP contribution < -0.4 is 21.1 Å². The van der Waals surface area contributed by atoms with Gasteiger partial charge in [0.2, 0.25) is 0 Å². The number of nitro benzene ring substituents is 1. The summed E-state index contributed by atoms with van der Waals surface area (Å²) in [7, 11) is 4.20. The van der Waals surface area contributed by atoms with Crippen molar-refractivity contribution in [3.8, 4) is 0 Å². The van der Waals surface area contributed by atoms with Gasteiger partial charge in [-0.25, -0.2) is 0 Å². The van der Waals surface area contributed by atoms with Gasteiger partial charge in [0.25, 0.3) is 5.69 Å². The van der Waals surface area contributed by atoms with Gasteiger partial charge >= 0.3 is 0 Å². The van der Waals surface area contributed by atoms with Crippen molar-refractivity contribution in [2.75, 3.05) is 32.6 Å². The summed E-state index contributed by atoms with van der Waals surface area (Å²) in [4.78, 5) is 11.6. The van der Waals surface area contributed by atoms with E-state index in [9.17, 15) is 10.1 Å². The van der Waals surface area contributed by atoms with Crippen molar-refractivity contribution in [2.45, 2.75) is 6.42 Å². The van der Waals surface area contributed by atoms with E-state index in [1.165, 1.54) is 17.0 Å². The van der Waals surface area contributed by atoms with E-state index in [0.717, 1.165) is 19.5 Å². The Morgan fingerprint density at radius 2 is 2.20 bits per heavy atom. The van der Waals surface area contributed by atoms with Crippen LogP contribution in [0.15, 0.2) is 24.3 Å². The number of hydrogen-bond acceptors (Lipinski definition) is 4.